The molecule has 2 amide bonds. The molecular formula is C33H32N4O4. The molecule has 0 bridgehead atoms. The molecule has 1 fully saturated rings. The van der Waals surface area contributed by atoms with Crippen molar-refractivity contribution in [1.29, 1.82) is 0 Å². The zero-order chi connectivity index (χ0) is 28.3. The average Bonchev–Trinajstić information content (AvgIpc) is 3.05. The summed E-state index contributed by atoms with van der Waals surface area (Å²) in [5, 5.41) is 0. The van der Waals surface area contributed by atoms with Gasteiger partial charge in [-0.25, -0.2) is 4.98 Å². The molecule has 0 unspecified atom stereocenters. The molecule has 0 radical (unpaired) electrons. The summed E-state index contributed by atoms with van der Waals surface area (Å²) in [4.78, 5) is 39.1. The van der Waals surface area contributed by atoms with Crippen LogP contribution >= 0.6 is 0 Å². The van der Waals surface area contributed by atoms with E-state index in [-0.39, 0.29) is 11.8 Å². The molecule has 2 aliphatic heterocycles. The third-order valence-electron chi connectivity index (χ3n) is 7.98. The van der Waals surface area contributed by atoms with Crippen LogP contribution in [0.3, 0.4) is 0 Å². The summed E-state index contributed by atoms with van der Waals surface area (Å²) in [7, 11) is 3.23. The number of hydrogen-bond donors (Lipinski definition) is 0. The van der Waals surface area contributed by atoms with Crippen LogP contribution in [0, 0.1) is 0 Å². The molecule has 0 aliphatic carbocycles. The van der Waals surface area contributed by atoms with E-state index in [1.54, 1.807) is 25.3 Å². The number of anilines is 2. The van der Waals surface area contributed by atoms with E-state index in [2.05, 4.69) is 9.88 Å². The molecule has 0 saturated carbocycles. The Kier molecular flexibility index (Phi) is 7.29. The van der Waals surface area contributed by atoms with Crippen molar-refractivity contribution in [2.45, 2.75) is 12.0 Å². The number of methoxy groups -OCH3 is 2. The van der Waals surface area contributed by atoms with Crippen LogP contribution < -0.4 is 19.3 Å². The molecule has 208 valence electrons. The van der Waals surface area contributed by atoms with Crippen LogP contribution in [0.4, 0.5) is 11.5 Å². The SMILES string of the molecule is COc1ccc([C@H]2[C@H](C(=O)N3CCN(c4ccccn4)CC3)c3ccccc3C(=O)N2c2ccc(OC)cc2)cc1. The van der Waals surface area contributed by atoms with Gasteiger partial charge in [-0.05, 0) is 65.7 Å². The monoisotopic (exact) mass is 548 g/mol. The van der Waals surface area contributed by atoms with Gasteiger partial charge in [0.05, 0.1) is 26.2 Å². The number of rotatable bonds is 6. The Morgan fingerprint density at radius 2 is 1.41 bits per heavy atom. The molecule has 1 saturated heterocycles. The first kappa shape index (κ1) is 26.4. The molecule has 2 aliphatic rings. The van der Waals surface area contributed by atoms with E-state index >= 15 is 0 Å². The lowest BCUT2D eigenvalue weighted by Gasteiger charge is -2.44. The normalized spacial score (nSPS) is 18.6. The molecule has 41 heavy (non-hydrogen) atoms. The first-order valence-corrected chi connectivity index (χ1v) is 13.7. The van der Waals surface area contributed by atoms with Crippen molar-refractivity contribution in [3.05, 3.63) is 114 Å². The molecule has 8 nitrogen and oxygen atoms in total. The van der Waals surface area contributed by atoms with Gasteiger partial charge in [-0.1, -0.05) is 36.4 Å². The summed E-state index contributed by atoms with van der Waals surface area (Å²) in [6.07, 6.45) is 1.79. The van der Waals surface area contributed by atoms with Crippen molar-refractivity contribution in [1.82, 2.24) is 9.88 Å². The summed E-state index contributed by atoms with van der Waals surface area (Å²) in [6.45, 7) is 2.51. The molecule has 4 aromatic rings. The van der Waals surface area contributed by atoms with Gasteiger partial charge >= 0.3 is 0 Å². The third-order valence-corrected chi connectivity index (χ3v) is 7.98. The van der Waals surface area contributed by atoms with Gasteiger partial charge in [0, 0.05) is 43.6 Å². The Balaban J connectivity index is 1.41. The minimum Gasteiger partial charge on any atom is -0.497 e. The number of carbonyl (C=O) groups is 2. The number of nitrogens with zero attached hydrogens (tertiary/aromatic N) is 4. The zero-order valence-electron chi connectivity index (χ0n) is 23.1. The Labute approximate surface area is 239 Å². The van der Waals surface area contributed by atoms with Gasteiger partial charge in [-0.3, -0.25) is 14.5 Å². The highest BCUT2D eigenvalue weighted by Gasteiger charge is 2.46. The average molecular weight is 549 g/mol. The highest BCUT2D eigenvalue weighted by molar-refractivity contribution is 6.11. The number of hydrogen-bond acceptors (Lipinski definition) is 6. The van der Waals surface area contributed by atoms with Gasteiger partial charge < -0.3 is 19.3 Å². The highest BCUT2D eigenvalue weighted by atomic mass is 16.5. The fourth-order valence-corrected chi connectivity index (χ4v) is 5.86. The summed E-state index contributed by atoms with van der Waals surface area (Å²) < 4.78 is 10.8. The second kappa shape index (κ2) is 11.3. The molecular weight excluding hydrogens is 516 g/mol. The van der Waals surface area contributed by atoms with E-state index in [4.69, 9.17) is 9.47 Å². The van der Waals surface area contributed by atoms with Crippen molar-refractivity contribution in [3.63, 3.8) is 0 Å². The largest absolute Gasteiger partial charge is 0.497 e. The second-order valence-electron chi connectivity index (χ2n) is 10.2. The molecule has 3 heterocycles. The minimum absolute atomic E-state index is 0.00458. The van der Waals surface area contributed by atoms with Crippen LogP contribution in [0.2, 0.25) is 0 Å². The van der Waals surface area contributed by atoms with E-state index in [1.165, 1.54) is 0 Å². The number of piperazine rings is 1. The quantitative estimate of drug-likeness (QED) is 0.340. The van der Waals surface area contributed by atoms with Crippen molar-refractivity contribution < 1.29 is 19.1 Å². The van der Waals surface area contributed by atoms with E-state index < -0.39 is 12.0 Å². The highest BCUT2D eigenvalue weighted by Crippen LogP contribution is 2.46. The number of benzene rings is 3. The number of aromatic nitrogens is 1. The maximum Gasteiger partial charge on any atom is 0.259 e. The van der Waals surface area contributed by atoms with Crippen molar-refractivity contribution in [3.8, 4) is 11.5 Å². The van der Waals surface area contributed by atoms with Gasteiger partial charge in [0.25, 0.3) is 5.91 Å². The number of carbonyl (C=O) groups excluding carboxylic acids is 2. The first-order valence-electron chi connectivity index (χ1n) is 13.7. The lowest BCUT2D eigenvalue weighted by molar-refractivity contribution is -0.133. The number of ether oxygens (including phenoxy) is 2. The standard InChI is InChI=1S/C33H32N4O4/c1-40-25-14-10-23(11-15-25)31-30(33(39)36-21-19-35(20-22-36)29-9-5-6-18-34-29)27-7-3-4-8-28(27)32(38)37(31)24-12-16-26(41-2)17-13-24/h3-18,30-31H,19-22H2,1-2H3/t30-,31+/m1/s1. The molecule has 2 atom stereocenters. The second-order valence-corrected chi connectivity index (χ2v) is 10.2. The topological polar surface area (TPSA) is 75.2 Å². The predicted octanol–water partition coefficient (Wildman–Crippen LogP) is 4.93. The summed E-state index contributed by atoms with van der Waals surface area (Å²) in [5.41, 5.74) is 2.85. The third kappa shape index (κ3) is 4.97. The molecule has 8 heteroatoms. The van der Waals surface area contributed by atoms with Gasteiger partial charge in [-0.2, -0.15) is 0 Å². The lowest BCUT2D eigenvalue weighted by Crippen LogP contribution is -2.53. The summed E-state index contributed by atoms with van der Waals surface area (Å²) in [6, 6.07) is 27.9. The number of fused-ring (bicyclic) bond motifs is 1. The molecule has 6 rings (SSSR count). The zero-order valence-corrected chi connectivity index (χ0v) is 23.1. The number of pyridine rings is 1. The predicted molar refractivity (Wildman–Crippen MR) is 158 cm³/mol. The van der Waals surface area contributed by atoms with Gasteiger partial charge in [0.1, 0.15) is 17.3 Å². The molecule has 0 spiro atoms. The minimum atomic E-state index is -0.596. The fourth-order valence-electron chi connectivity index (χ4n) is 5.86. The van der Waals surface area contributed by atoms with Gasteiger partial charge in [-0.15, -0.1) is 0 Å². The smallest absolute Gasteiger partial charge is 0.259 e. The van der Waals surface area contributed by atoms with E-state index in [0.717, 1.165) is 16.9 Å². The number of amides is 2. The van der Waals surface area contributed by atoms with Crippen LogP contribution in [-0.4, -0.2) is 62.1 Å². The summed E-state index contributed by atoms with van der Waals surface area (Å²) in [5.74, 6) is 1.58. The van der Waals surface area contributed by atoms with Gasteiger partial charge in [0.15, 0.2) is 0 Å². The Morgan fingerprint density at radius 1 is 0.780 bits per heavy atom. The van der Waals surface area contributed by atoms with Crippen LogP contribution in [-0.2, 0) is 4.79 Å². The van der Waals surface area contributed by atoms with E-state index in [1.807, 2.05) is 95.9 Å². The molecule has 3 aromatic carbocycles. The molecule has 1 aromatic heterocycles. The first-order chi connectivity index (χ1) is 20.1. The van der Waals surface area contributed by atoms with Crippen molar-refractivity contribution >= 4 is 23.3 Å². The van der Waals surface area contributed by atoms with Crippen molar-refractivity contribution in [2.75, 3.05) is 50.2 Å². The van der Waals surface area contributed by atoms with Gasteiger partial charge in [0.2, 0.25) is 5.91 Å². The summed E-state index contributed by atoms with van der Waals surface area (Å²) >= 11 is 0. The van der Waals surface area contributed by atoms with Crippen molar-refractivity contribution in [2.24, 2.45) is 0 Å². The van der Waals surface area contributed by atoms with Crippen LogP contribution in [0.15, 0.2) is 97.2 Å². The van der Waals surface area contributed by atoms with Crippen LogP contribution in [0.25, 0.3) is 0 Å². The van der Waals surface area contributed by atoms with Crippen LogP contribution in [0.5, 0.6) is 11.5 Å². The lowest BCUT2D eigenvalue weighted by atomic mass is 9.78. The Hall–Kier alpha value is -4.85. The fraction of sp³-hybridized carbons (Fsp3) is 0.242. The van der Waals surface area contributed by atoms with Crippen LogP contribution in [0.1, 0.15) is 33.4 Å². The Morgan fingerprint density at radius 3 is 2.05 bits per heavy atom. The van der Waals surface area contributed by atoms with E-state index in [0.29, 0.717) is 48.9 Å². The maximum atomic E-state index is 14.6. The Bertz CT molecular complexity index is 1520. The maximum absolute atomic E-state index is 14.6. The molecule has 0 N–H and O–H groups in total. The van der Waals surface area contributed by atoms with E-state index in [9.17, 15) is 9.59 Å².